The smallest absolute Gasteiger partial charge is 0.343 e. The van der Waals surface area contributed by atoms with E-state index < -0.39 is 29.2 Å². The average Bonchev–Trinajstić information content (AvgIpc) is 3.24. The van der Waals surface area contributed by atoms with E-state index in [1.54, 1.807) is 31.2 Å². The van der Waals surface area contributed by atoms with Gasteiger partial charge in [-0.05, 0) is 38.6 Å². The molecule has 0 saturated heterocycles. The van der Waals surface area contributed by atoms with Crippen LogP contribution in [0.1, 0.15) is 36.5 Å². The number of hydrogen-bond acceptors (Lipinski definition) is 4. The van der Waals surface area contributed by atoms with Crippen LogP contribution >= 0.6 is 0 Å². The number of aromatic nitrogens is 5. The summed E-state index contributed by atoms with van der Waals surface area (Å²) < 4.78 is 67.0. The Balaban J connectivity index is 0.00000324. The number of nitrogens with zero attached hydrogens (tertiary/aromatic N) is 5. The van der Waals surface area contributed by atoms with Crippen LogP contribution in [-0.4, -0.2) is 24.7 Å². The molecule has 0 unspecified atom stereocenters. The molecule has 0 aromatic carbocycles. The standard InChI is InChI=1S/C23H16F5N5.Pt/c1-13-11-15(14-7-8-19(24)31-21(14)25)29-18(12-13)22(2,3)16-5-4-6-20(30-16)33-10-9-17(32-33)23(26,27)28;/h4-6,8-9,11-12H,1-3H3;/q-2;+2. The third-order valence-corrected chi connectivity index (χ3v) is 5.03. The van der Waals surface area contributed by atoms with Crippen LogP contribution in [0.4, 0.5) is 22.0 Å². The molecule has 0 fully saturated rings. The van der Waals surface area contributed by atoms with Gasteiger partial charge in [-0.15, -0.1) is 12.1 Å². The van der Waals surface area contributed by atoms with Gasteiger partial charge in [0.1, 0.15) is 11.9 Å². The van der Waals surface area contributed by atoms with Crippen LogP contribution in [0, 0.1) is 31.1 Å². The van der Waals surface area contributed by atoms with Gasteiger partial charge in [-0.2, -0.15) is 13.2 Å². The zero-order valence-electron chi connectivity index (χ0n) is 18.0. The maximum atomic E-state index is 14.2. The van der Waals surface area contributed by atoms with Gasteiger partial charge >= 0.3 is 27.2 Å². The summed E-state index contributed by atoms with van der Waals surface area (Å²) >= 11 is 0. The number of aryl methyl sites for hydroxylation is 1. The van der Waals surface area contributed by atoms with Crippen molar-refractivity contribution in [1.82, 2.24) is 24.7 Å². The molecule has 0 aliphatic heterocycles. The van der Waals surface area contributed by atoms with Gasteiger partial charge in [-0.25, -0.2) is 8.78 Å². The second kappa shape index (κ2) is 9.33. The van der Waals surface area contributed by atoms with Crippen LogP contribution in [0.2, 0.25) is 0 Å². The molecule has 4 rings (SSSR count). The first-order valence-corrected chi connectivity index (χ1v) is 9.71. The Morgan fingerprint density at radius 2 is 1.65 bits per heavy atom. The summed E-state index contributed by atoms with van der Waals surface area (Å²) in [5.74, 6) is -1.88. The second-order valence-corrected chi connectivity index (χ2v) is 7.88. The molecule has 0 spiro atoms. The van der Waals surface area contributed by atoms with Crippen LogP contribution in [0.5, 0.6) is 0 Å². The minimum atomic E-state index is -4.60. The number of rotatable bonds is 4. The molecule has 4 heterocycles. The summed E-state index contributed by atoms with van der Waals surface area (Å²) in [6, 6.07) is 12.4. The molecular weight excluding hydrogens is 636 g/mol. The Hall–Kier alpha value is -3.00. The van der Waals surface area contributed by atoms with Crippen molar-refractivity contribution >= 4 is 0 Å². The molecule has 0 aliphatic rings. The predicted octanol–water partition coefficient (Wildman–Crippen LogP) is 5.25. The first-order chi connectivity index (χ1) is 15.4. The Morgan fingerprint density at radius 3 is 2.29 bits per heavy atom. The van der Waals surface area contributed by atoms with Crippen molar-refractivity contribution in [2.75, 3.05) is 0 Å². The first kappa shape index (κ1) is 25.6. The summed E-state index contributed by atoms with van der Waals surface area (Å²) in [6.45, 7) is 5.43. The van der Waals surface area contributed by atoms with Crippen LogP contribution < -0.4 is 0 Å². The number of pyridine rings is 3. The average molecular weight is 652 g/mol. The van der Waals surface area contributed by atoms with E-state index >= 15 is 0 Å². The normalized spacial score (nSPS) is 11.9. The van der Waals surface area contributed by atoms with Gasteiger partial charge in [0.15, 0.2) is 0 Å². The van der Waals surface area contributed by atoms with E-state index in [9.17, 15) is 22.0 Å². The van der Waals surface area contributed by atoms with Crippen molar-refractivity contribution in [1.29, 1.82) is 0 Å². The van der Waals surface area contributed by atoms with Gasteiger partial charge in [-0.3, -0.25) is 15.1 Å². The Kier molecular flexibility index (Phi) is 7.03. The van der Waals surface area contributed by atoms with Gasteiger partial charge in [0.05, 0.1) is 11.5 Å². The monoisotopic (exact) mass is 652 g/mol. The van der Waals surface area contributed by atoms with Crippen LogP contribution in [0.3, 0.4) is 0 Å². The van der Waals surface area contributed by atoms with Crippen molar-refractivity contribution in [2.24, 2.45) is 0 Å². The molecule has 4 aromatic rings. The van der Waals surface area contributed by atoms with Crippen molar-refractivity contribution in [3.8, 4) is 17.1 Å². The zero-order chi connectivity index (χ0) is 24.0. The molecule has 0 N–H and O–H groups in total. The second-order valence-electron chi connectivity index (χ2n) is 7.88. The molecule has 0 aliphatic carbocycles. The van der Waals surface area contributed by atoms with Crippen LogP contribution in [0.15, 0.2) is 42.5 Å². The molecular formula is C23H16F5N5Pt. The molecule has 4 aromatic heterocycles. The number of hydrogen-bond donors (Lipinski definition) is 0. The van der Waals surface area contributed by atoms with E-state index in [4.69, 9.17) is 0 Å². The molecule has 0 atom stereocenters. The summed E-state index contributed by atoms with van der Waals surface area (Å²) in [6.07, 6.45) is -2.17. The Labute approximate surface area is 206 Å². The van der Waals surface area contributed by atoms with Crippen molar-refractivity contribution in [2.45, 2.75) is 32.4 Å². The Bertz CT molecular complexity index is 1330. The largest absolute Gasteiger partial charge is 2.00 e. The third-order valence-electron chi connectivity index (χ3n) is 5.03. The topological polar surface area (TPSA) is 56.5 Å². The van der Waals surface area contributed by atoms with Gasteiger partial charge in [0.25, 0.3) is 0 Å². The summed E-state index contributed by atoms with van der Waals surface area (Å²) in [7, 11) is 0. The van der Waals surface area contributed by atoms with E-state index in [2.05, 4.69) is 32.3 Å². The van der Waals surface area contributed by atoms with Gasteiger partial charge in [-0.1, -0.05) is 41.6 Å². The van der Waals surface area contributed by atoms with E-state index in [1.807, 2.05) is 13.8 Å². The first-order valence-electron chi connectivity index (χ1n) is 9.71. The van der Waals surface area contributed by atoms with Crippen molar-refractivity contribution in [3.63, 3.8) is 0 Å². The minimum absolute atomic E-state index is 0. The molecule has 11 heteroatoms. The van der Waals surface area contributed by atoms with Crippen LogP contribution in [0.25, 0.3) is 17.1 Å². The van der Waals surface area contributed by atoms with Gasteiger partial charge in [0, 0.05) is 16.8 Å². The maximum absolute atomic E-state index is 14.2. The molecule has 34 heavy (non-hydrogen) atoms. The molecule has 0 saturated carbocycles. The van der Waals surface area contributed by atoms with E-state index in [0.717, 1.165) is 22.4 Å². The predicted molar refractivity (Wildman–Crippen MR) is 108 cm³/mol. The van der Waals surface area contributed by atoms with Crippen LogP contribution in [-0.2, 0) is 32.7 Å². The molecule has 178 valence electrons. The SMILES string of the molecule is Cc1cc(-c2[c-]cc(F)nc2F)nc(C(C)(C)c2cccc(-n3[c-]cc(C(F)(F)F)n3)n2)c1.[Pt+2]. The molecule has 5 nitrogen and oxygen atoms in total. The van der Waals surface area contributed by atoms with Crippen molar-refractivity contribution in [3.05, 3.63) is 89.3 Å². The fraction of sp³-hybridized carbons (Fsp3) is 0.217. The summed E-state index contributed by atoms with van der Waals surface area (Å²) in [4.78, 5) is 12.2. The summed E-state index contributed by atoms with van der Waals surface area (Å²) in [5, 5.41) is 3.51. The number of alkyl halides is 3. The van der Waals surface area contributed by atoms with Crippen molar-refractivity contribution < 1.29 is 43.0 Å². The zero-order valence-corrected chi connectivity index (χ0v) is 20.3. The molecule has 0 amide bonds. The third kappa shape index (κ3) is 5.06. The minimum Gasteiger partial charge on any atom is -0.343 e. The Morgan fingerprint density at radius 1 is 0.912 bits per heavy atom. The quantitative estimate of drug-likeness (QED) is 0.172. The summed E-state index contributed by atoms with van der Waals surface area (Å²) in [5.41, 5.74) is -0.0143. The number of halogens is 5. The fourth-order valence-electron chi connectivity index (χ4n) is 3.23. The van der Waals surface area contributed by atoms with E-state index in [1.165, 1.54) is 6.07 Å². The fourth-order valence-corrected chi connectivity index (χ4v) is 3.23. The maximum Gasteiger partial charge on any atom is 2.00 e. The van der Waals surface area contributed by atoms with Gasteiger partial charge in [0.2, 0.25) is 0 Å². The van der Waals surface area contributed by atoms with E-state index in [-0.39, 0.29) is 38.1 Å². The molecule has 0 bridgehead atoms. The molecule has 0 radical (unpaired) electrons. The van der Waals surface area contributed by atoms with Gasteiger partial charge < -0.3 is 9.67 Å². The van der Waals surface area contributed by atoms with E-state index in [0.29, 0.717) is 11.4 Å².